The van der Waals surface area contributed by atoms with E-state index >= 15 is 0 Å². The summed E-state index contributed by atoms with van der Waals surface area (Å²) in [5.41, 5.74) is 0.0299. The SMILES string of the molecule is COc1ccc2nc(F)c(S(N)(=O)=O)n2n1. The average Bonchev–Trinajstić information content (AvgIpc) is 2.51. The molecule has 0 aromatic carbocycles. The lowest BCUT2D eigenvalue weighted by atomic mass is 10.5. The molecule has 0 aliphatic carbocycles. The van der Waals surface area contributed by atoms with Crippen molar-refractivity contribution in [1.29, 1.82) is 0 Å². The molecule has 0 saturated carbocycles. The Morgan fingerprint density at radius 2 is 2.19 bits per heavy atom. The molecule has 16 heavy (non-hydrogen) atoms. The van der Waals surface area contributed by atoms with Crippen molar-refractivity contribution < 1.29 is 17.5 Å². The molecule has 2 heterocycles. The van der Waals surface area contributed by atoms with Gasteiger partial charge in [-0.3, -0.25) is 0 Å². The van der Waals surface area contributed by atoms with Crippen molar-refractivity contribution in [3.05, 3.63) is 18.1 Å². The molecule has 0 amide bonds. The summed E-state index contributed by atoms with van der Waals surface area (Å²) in [6, 6.07) is 2.79. The highest BCUT2D eigenvalue weighted by Gasteiger charge is 2.23. The van der Waals surface area contributed by atoms with Gasteiger partial charge in [0.05, 0.1) is 7.11 Å². The largest absolute Gasteiger partial charge is 0.480 e. The number of nitrogens with zero attached hydrogens (tertiary/aromatic N) is 3. The second-order valence-electron chi connectivity index (χ2n) is 2.90. The molecule has 0 aliphatic rings. The van der Waals surface area contributed by atoms with Crippen molar-refractivity contribution in [3.8, 4) is 5.88 Å². The van der Waals surface area contributed by atoms with Crippen LogP contribution in [0.4, 0.5) is 4.39 Å². The van der Waals surface area contributed by atoms with Gasteiger partial charge in [-0.1, -0.05) is 0 Å². The Labute approximate surface area is 89.7 Å². The topological polar surface area (TPSA) is 99.6 Å². The smallest absolute Gasteiger partial charge is 0.260 e. The molecule has 0 unspecified atom stereocenters. The number of primary sulfonamides is 1. The molecule has 7 nitrogen and oxygen atoms in total. The molecule has 0 aliphatic heterocycles. The number of sulfonamides is 1. The van der Waals surface area contributed by atoms with Crippen molar-refractivity contribution in [2.24, 2.45) is 5.14 Å². The van der Waals surface area contributed by atoms with Gasteiger partial charge in [-0.05, 0) is 6.07 Å². The number of rotatable bonds is 2. The third-order valence-electron chi connectivity index (χ3n) is 1.85. The molecular weight excluding hydrogens is 239 g/mol. The van der Waals surface area contributed by atoms with Crippen molar-refractivity contribution in [2.45, 2.75) is 5.03 Å². The van der Waals surface area contributed by atoms with E-state index in [-0.39, 0.29) is 11.5 Å². The molecule has 2 aromatic heterocycles. The molecule has 9 heteroatoms. The van der Waals surface area contributed by atoms with Gasteiger partial charge in [0.25, 0.3) is 16.0 Å². The van der Waals surface area contributed by atoms with E-state index in [0.717, 1.165) is 4.52 Å². The van der Waals surface area contributed by atoms with Crippen LogP contribution in [0.15, 0.2) is 17.2 Å². The number of halogens is 1. The zero-order chi connectivity index (χ0) is 11.9. The van der Waals surface area contributed by atoms with Crippen LogP contribution in [0.25, 0.3) is 5.65 Å². The van der Waals surface area contributed by atoms with E-state index in [2.05, 4.69) is 10.1 Å². The fourth-order valence-electron chi connectivity index (χ4n) is 1.22. The van der Waals surface area contributed by atoms with Gasteiger partial charge >= 0.3 is 0 Å². The van der Waals surface area contributed by atoms with Gasteiger partial charge < -0.3 is 4.74 Å². The number of imidazole rings is 1. The van der Waals surface area contributed by atoms with Gasteiger partial charge in [0.2, 0.25) is 10.9 Å². The summed E-state index contributed by atoms with van der Waals surface area (Å²) < 4.78 is 41.1. The molecule has 2 N–H and O–H groups in total. The molecule has 2 aromatic rings. The molecule has 2 rings (SSSR count). The van der Waals surface area contributed by atoms with E-state index in [4.69, 9.17) is 9.88 Å². The van der Waals surface area contributed by atoms with Crippen molar-refractivity contribution in [2.75, 3.05) is 7.11 Å². The highest BCUT2D eigenvalue weighted by atomic mass is 32.2. The first-order valence-electron chi connectivity index (χ1n) is 4.05. The number of nitrogens with two attached hydrogens (primary N) is 1. The third kappa shape index (κ3) is 1.59. The Bertz CT molecular complexity index is 651. The molecule has 0 radical (unpaired) electrons. The highest BCUT2D eigenvalue weighted by molar-refractivity contribution is 7.89. The minimum absolute atomic E-state index is 0.0299. The Morgan fingerprint density at radius 1 is 1.50 bits per heavy atom. The number of methoxy groups -OCH3 is 1. The summed E-state index contributed by atoms with van der Waals surface area (Å²) >= 11 is 0. The predicted molar refractivity (Wildman–Crippen MR) is 50.9 cm³/mol. The van der Waals surface area contributed by atoms with Gasteiger partial charge in [0.15, 0.2) is 5.65 Å². The summed E-state index contributed by atoms with van der Waals surface area (Å²) in [7, 11) is -2.89. The number of hydrogen-bond donors (Lipinski definition) is 1. The fraction of sp³-hybridized carbons (Fsp3) is 0.143. The monoisotopic (exact) mass is 246 g/mol. The number of hydrogen-bond acceptors (Lipinski definition) is 5. The molecule has 0 bridgehead atoms. The zero-order valence-corrected chi connectivity index (χ0v) is 8.90. The van der Waals surface area contributed by atoms with Crippen LogP contribution in [0.3, 0.4) is 0 Å². The van der Waals surface area contributed by atoms with Crippen LogP contribution in [-0.2, 0) is 10.0 Å². The fourth-order valence-corrected chi connectivity index (χ4v) is 1.87. The Morgan fingerprint density at radius 3 is 2.75 bits per heavy atom. The average molecular weight is 246 g/mol. The lowest BCUT2D eigenvalue weighted by Crippen LogP contribution is -2.17. The maximum atomic E-state index is 13.3. The minimum Gasteiger partial charge on any atom is -0.480 e. The van der Waals surface area contributed by atoms with E-state index in [1.54, 1.807) is 0 Å². The summed E-state index contributed by atoms with van der Waals surface area (Å²) in [6.07, 6.45) is 0. The van der Waals surface area contributed by atoms with Crippen LogP contribution in [0.1, 0.15) is 0 Å². The van der Waals surface area contributed by atoms with Crippen LogP contribution in [-0.4, -0.2) is 30.1 Å². The second kappa shape index (κ2) is 3.39. The van der Waals surface area contributed by atoms with E-state index in [1.807, 2.05) is 0 Å². The molecular formula is C7H7FN4O3S. The van der Waals surface area contributed by atoms with Crippen molar-refractivity contribution in [3.63, 3.8) is 0 Å². The Balaban J connectivity index is 2.87. The molecule has 0 fully saturated rings. The number of ether oxygens (including phenoxy) is 1. The van der Waals surface area contributed by atoms with Gasteiger partial charge in [0, 0.05) is 6.07 Å². The molecule has 0 saturated heterocycles. The lowest BCUT2D eigenvalue weighted by molar-refractivity contribution is 0.387. The van der Waals surface area contributed by atoms with Gasteiger partial charge in [0.1, 0.15) is 0 Å². The van der Waals surface area contributed by atoms with Crippen LogP contribution < -0.4 is 9.88 Å². The van der Waals surface area contributed by atoms with Crippen molar-refractivity contribution >= 4 is 15.7 Å². The summed E-state index contributed by atoms with van der Waals surface area (Å²) in [5, 5.41) is 7.77. The third-order valence-corrected chi connectivity index (χ3v) is 2.73. The van der Waals surface area contributed by atoms with Gasteiger partial charge in [-0.15, -0.1) is 5.10 Å². The van der Waals surface area contributed by atoms with Gasteiger partial charge in [-0.25, -0.2) is 13.6 Å². The van der Waals surface area contributed by atoms with E-state index < -0.39 is 21.0 Å². The first-order chi connectivity index (χ1) is 7.43. The van der Waals surface area contributed by atoms with Crippen LogP contribution in [0, 0.1) is 5.95 Å². The Kier molecular flexibility index (Phi) is 2.28. The van der Waals surface area contributed by atoms with Crippen LogP contribution in [0.5, 0.6) is 5.88 Å². The summed E-state index contributed by atoms with van der Waals surface area (Å²) in [5.74, 6) is -1.07. The minimum atomic E-state index is -4.23. The molecule has 0 atom stereocenters. The number of fused-ring (bicyclic) bond motifs is 1. The van der Waals surface area contributed by atoms with E-state index in [9.17, 15) is 12.8 Å². The molecule has 0 spiro atoms. The zero-order valence-electron chi connectivity index (χ0n) is 8.08. The lowest BCUT2D eigenvalue weighted by Gasteiger charge is -2.00. The second-order valence-corrected chi connectivity index (χ2v) is 4.38. The summed E-state index contributed by atoms with van der Waals surface area (Å²) in [4.78, 5) is 3.37. The maximum Gasteiger partial charge on any atom is 0.260 e. The highest BCUT2D eigenvalue weighted by Crippen LogP contribution is 2.16. The van der Waals surface area contributed by atoms with Crippen LogP contribution in [0.2, 0.25) is 0 Å². The Hall–Kier alpha value is -1.74. The summed E-state index contributed by atoms with van der Waals surface area (Å²) in [6.45, 7) is 0. The van der Waals surface area contributed by atoms with E-state index in [1.165, 1.54) is 19.2 Å². The first-order valence-corrected chi connectivity index (χ1v) is 5.60. The van der Waals surface area contributed by atoms with Crippen molar-refractivity contribution in [1.82, 2.24) is 14.6 Å². The van der Waals surface area contributed by atoms with Crippen LogP contribution >= 0.6 is 0 Å². The molecule has 86 valence electrons. The predicted octanol–water partition coefficient (Wildman–Crippen LogP) is -0.476. The quantitative estimate of drug-likeness (QED) is 0.771. The standard InChI is InChI=1S/C7H7FN4O3S/c1-15-5-3-2-4-10-6(8)7(12(4)11-5)16(9,13)14/h2-3H,1H3,(H2,9,13,14). The maximum absolute atomic E-state index is 13.3. The first kappa shape index (κ1) is 10.8. The number of aromatic nitrogens is 3. The van der Waals surface area contributed by atoms with Gasteiger partial charge in [-0.2, -0.15) is 13.9 Å². The van der Waals surface area contributed by atoms with E-state index in [0.29, 0.717) is 0 Å². The normalized spacial score (nSPS) is 11.9.